The van der Waals surface area contributed by atoms with Crippen molar-refractivity contribution in [2.75, 3.05) is 13.1 Å². The van der Waals surface area contributed by atoms with Crippen molar-refractivity contribution in [2.45, 2.75) is 76.9 Å². The lowest BCUT2D eigenvalue weighted by Gasteiger charge is -2.35. The fraction of sp³-hybridized carbons (Fsp3) is 0.607. The molecule has 5 rings (SSSR count). The zero-order valence-corrected chi connectivity index (χ0v) is 19.2. The first-order valence-electron chi connectivity index (χ1n) is 12.8. The van der Waals surface area contributed by atoms with Gasteiger partial charge in [0.25, 0.3) is 0 Å². The van der Waals surface area contributed by atoms with Crippen molar-refractivity contribution >= 4 is 16.7 Å². The highest BCUT2D eigenvalue weighted by Crippen LogP contribution is 2.39. The average Bonchev–Trinajstić information content (AvgIpc) is 3.29. The molecule has 1 N–H and O–H groups in total. The number of rotatable bonds is 6. The highest BCUT2D eigenvalue weighted by Gasteiger charge is 2.29. The molecule has 0 radical (unpaired) electrons. The summed E-state index contributed by atoms with van der Waals surface area (Å²) in [7, 11) is 0. The standard InChI is InChI=1S/C28H37NO3/c30-28(31)25-14-15-29(19-25)18-20-6-7-24-17-27(13-10-23(24)16-20)32-26-11-8-22(9-12-26)21-4-2-1-3-5-21/h6-7,10,13,16-17,21-22,25-26H,1-5,8-9,11-12,14-15,18-19H2,(H,30,31)/t22?,25-,26?/m1/s1. The summed E-state index contributed by atoms with van der Waals surface area (Å²) in [5.41, 5.74) is 1.25. The Labute approximate surface area is 191 Å². The van der Waals surface area contributed by atoms with Gasteiger partial charge in [0.1, 0.15) is 5.75 Å². The van der Waals surface area contributed by atoms with Crippen LogP contribution in [0.25, 0.3) is 10.8 Å². The van der Waals surface area contributed by atoms with Crippen LogP contribution in [0.3, 0.4) is 0 Å². The first kappa shape index (κ1) is 21.8. The van der Waals surface area contributed by atoms with Crippen molar-refractivity contribution in [1.82, 2.24) is 4.90 Å². The minimum atomic E-state index is -0.666. The molecule has 0 spiro atoms. The van der Waals surface area contributed by atoms with Gasteiger partial charge < -0.3 is 9.84 Å². The molecule has 4 nitrogen and oxygen atoms in total. The molecular weight excluding hydrogens is 398 g/mol. The van der Waals surface area contributed by atoms with Crippen LogP contribution in [0.15, 0.2) is 36.4 Å². The lowest BCUT2D eigenvalue weighted by atomic mass is 9.73. The van der Waals surface area contributed by atoms with Crippen molar-refractivity contribution < 1.29 is 14.6 Å². The second kappa shape index (κ2) is 9.82. The number of hydrogen-bond acceptors (Lipinski definition) is 3. The quantitative estimate of drug-likeness (QED) is 0.581. The largest absolute Gasteiger partial charge is 0.490 e. The maximum absolute atomic E-state index is 11.2. The molecule has 3 fully saturated rings. The third kappa shape index (κ3) is 5.11. The first-order valence-corrected chi connectivity index (χ1v) is 12.8. The number of carbonyl (C=O) groups is 1. The van der Waals surface area contributed by atoms with E-state index in [1.54, 1.807) is 0 Å². The van der Waals surface area contributed by atoms with Gasteiger partial charge in [-0.15, -0.1) is 0 Å². The molecule has 0 aromatic heterocycles. The molecule has 1 saturated heterocycles. The fourth-order valence-corrected chi connectivity index (χ4v) is 6.36. The van der Waals surface area contributed by atoms with Gasteiger partial charge in [-0.1, -0.05) is 50.3 Å². The van der Waals surface area contributed by atoms with Crippen LogP contribution in [0.2, 0.25) is 0 Å². The molecule has 32 heavy (non-hydrogen) atoms. The second-order valence-corrected chi connectivity index (χ2v) is 10.5. The number of likely N-dealkylation sites (tertiary alicyclic amines) is 1. The molecule has 1 heterocycles. The van der Waals surface area contributed by atoms with Crippen LogP contribution < -0.4 is 4.74 Å². The Morgan fingerprint density at radius 2 is 1.59 bits per heavy atom. The predicted molar refractivity (Wildman–Crippen MR) is 128 cm³/mol. The summed E-state index contributed by atoms with van der Waals surface area (Å²) in [6, 6.07) is 13.1. The van der Waals surface area contributed by atoms with Gasteiger partial charge in [0.2, 0.25) is 0 Å². The first-order chi connectivity index (χ1) is 15.6. The lowest BCUT2D eigenvalue weighted by molar-refractivity contribution is -0.141. The molecule has 3 aliphatic rings. The van der Waals surface area contributed by atoms with E-state index < -0.39 is 5.97 Å². The van der Waals surface area contributed by atoms with Crippen molar-refractivity contribution in [1.29, 1.82) is 0 Å². The second-order valence-electron chi connectivity index (χ2n) is 10.5. The van der Waals surface area contributed by atoms with E-state index in [0.717, 1.165) is 37.1 Å². The summed E-state index contributed by atoms with van der Waals surface area (Å²) in [5, 5.41) is 11.7. The third-order valence-electron chi connectivity index (χ3n) is 8.24. The van der Waals surface area contributed by atoms with Crippen LogP contribution in [0, 0.1) is 17.8 Å². The summed E-state index contributed by atoms with van der Waals surface area (Å²) in [5.74, 6) is 2.03. The van der Waals surface area contributed by atoms with Crippen LogP contribution in [-0.4, -0.2) is 35.2 Å². The lowest BCUT2D eigenvalue weighted by Crippen LogP contribution is -2.28. The van der Waals surface area contributed by atoms with Gasteiger partial charge in [-0.2, -0.15) is 0 Å². The molecule has 1 aliphatic heterocycles. The van der Waals surface area contributed by atoms with E-state index >= 15 is 0 Å². The summed E-state index contributed by atoms with van der Waals surface area (Å²) < 4.78 is 6.41. The molecule has 0 amide bonds. The normalized spacial score (nSPS) is 27.6. The molecule has 1 atom stereocenters. The zero-order chi connectivity index (χ0) is 21.9. The Bertz CT molecular complexity index is 927. The van der Waals surface area contributed by atoms with Gasteiger partial charge in [0.05, 0.1) is 12.0 Å². The number of nitrogens with zero attached hydrogens (tertiary/aromatic N) is 1. The number of fused-ring (bicyclic) bond motifs is 1. The van der Waals surface area contributed by atoms with E-state index in [4.69, 9.17) is 4.74 Å². The fourth-order valence-electron chi connectivity index (χ4n) is 6.36. The van der Waals surface area contributed by atoms with Crippen LogP contribution in [0.1, 0.15) is 69.8 Å². The van der Waals surface area contributed by atoms with Crippen molar-refractivity contribution in [3.8, 4) is 5.75 Å². The Balaban J connectivity index is 1.16. The van der Waals surface area contributed by atoms with Crippen LogP contribution in [-0.2, 0) is 11.3 Å². The zero-order valence-electron chi connectivity index (χ0n) is 19.2. The maximum atomic E-state index is 11.2. The van der Waals surface area contributed by atoms with Crippen LogP contribution >= 0.6 is 0 Å². The van der Waals surface area contributed by atoms with E-state index in [9.17, 15) is 9.90 Å². The van der Waals surface area contributed by atoms with E-state index in [2.05, 4.69) is 41.3 Å². The predicted octanol–water partition coefficient (Wildman–Crippen LogP) is 6.26. The van der Waals surface area contributed by atoms with Gasteiger partial charge in [-0.3, -0.25) is 9.69 Å². The van der Waals surface area contributed by atoms with Gasteiger partial charge >= 0.3 is 5.97 Å². The van der Waals surface area contributed by atoms with Crippen molar-refractivity contribution in [2.24, 2.45) is 17.8 Å². The smallest absolute Gasteiger partial charge is 0.307 e. The minimum Gasteiger partial charge on any atom is -0.490 e. The highest BCUT2D eigenvalue weighted by atomic mass is 16.5. The van der Waals surface area contributed by atoms with E-state index in [0.29, 0.717) is 12.6 Å². The summed E-state index contributed by atoms with van der Waals surface area (Å²) >= 11 is 0. The number of carboxylic acid groups (broad SMARTS) is 1. The van der Waals surface area contributed by atoms with E-state index in [1.165, 1.54) is 74.1 Å². The molecule has 2 saturated carbocycles. The maximum Gasteiger partial charge on any atom is 0.307 e. The van der Waals surface area contributed by atoms with Crippen molar-refractivity contribution in [3.05, 3.63) is 42.0 Å². The topological polar surface area (TPSA) is 49.8 Å². The molecule has 4 heteroatoms. The average molecular weight is 436 g/mol. The monoisotopic (exact) mass is 435 g/mol. The summed E-state index contributed by atoms with van der Waals surface area (Å²) in [4.78, 5) is 13.5. The van der Waals surface area contributed by atoms with Crippen molar-refractivity contribution in [3.63, 3.8) is 0 Å². The van der Waals surface area contributed by atoms with E-state index in [-0.39, 0.29) is 5.92 Å². The molecule has 0 bridgehead atoms. The Morgan fingerprint density at radius 3 is 2.34 bits per heavy atom. The van der Waals surface area contributed by atoms with Crippen LogP contribution in [0.4, 0.5) is 0 Å². The summed E-state index contributed by atoms with van der Waals surface area (Å²) in [6.45, 7) is 2.34. The van der Waals surface area contributed by atoms with Gasteiger partial charge in [0, 0.05) is 13.1 Å². The number of aliphatic carboxylic acids is 1. The molecular formula is C28H37NO3. The molecule has 2 aliphatic carbocycles. The highest BCUT2D eigenvalue weighted by molar-refractivity contribution is 5.84. The number of benzene rings is 2. The van der Waals surface area contributed by atoms with E-state index in [1.807, 2.05) is 0 Å². The third-order valence-corrected chi connectivity index (χ3v) is 8.24. The Hall–Kier alpha value is -2.07. The molecule has 2 aromatic carbocycles. The number of ether oxygens (including phenoxy) is 1. The number of hydrogen-bond donors (Lipinski definition) is 1. The van der Waals surface area contributed by atoms with Gasteiger partial charge in [-0.25, -0.2) is 0 Å². The molecule has 0 unspecified atom stereocenters. The molecule has 2 aromatic rings. The summed E-state index contributed by atoms with van der Waals surface area (Å²) in [6.07, 6.45) is 13.5. The van der Waals surface area contributed by atoms with Gasteiger partial charge in [-0.05, 0) is 85.0 Å². The minimum absolute atomic E-state index is 0.215. The van der Waals surface area contributed by atoms with Crippen LogP contribution in [0.5, 0.6) is 5.75 Å². The Kier molecular flexibility index (Phi) is 6.68. The number of carboxylic acids is 1. The SMILES string of the molecule is O=C(O)[C@@H]1CCN(Cc2ccc3cc(OC4CCC(C5CCCCC5)CC4)ccc3c2)C1. The molecule has 172 valence electrons. The Morgan fingerprint density at radius 1 is 0.875 bits per heavy atom. The van der Waals surface area contributed by atoms with Gasteiger partial charge in [0.15, 0.2) is 0 Å².